The molecule has 1 aliphatic carbocycles. The third kappa shape index (κ3) is 4.22. The average molecular weight is 359 g/mol. The third-order valence-corrected chi connectivity index (χ3v) is 5.64. The van der Waals surface area contributed by atoms with E-state index in [1.54, 1.807) is 0 Å². The lowest BCUT2D eigenvalue weighted by atomic mass is 9.75. The summed E-state index contributed by atoms with van der Waals surface area (Å²) in [5.74, 6) is 1.71. The van der Waals surface area contributed by atoms with Crippen molar-refractivity contribution in [2.24, 2.45) is 11.8 Å². The second-order valence-corrected chi connectivity index (χ2v) is 7.36. The standard InChI is InChI=1S/C17H25BrClN/c1-3-12-5-4-6-14(9-12)17(20-2)10-13-7-8-15(18)11-16(13)19/h7-8,11-12,14,17,20H,3-6,9-10H2,1-2H3. The molecule has 0 aromatic heterocycles. The van der Waals surface area contributed by atoms with E-state index in [2.05, 4.69) is 47.4 Å². The topological polar surface area (TPSA) is 12.0 Å². The van der Waals surface area contributed by atoms with E-state index < -0.39 is 0 Å². The van der Waals surface area contributed by atoms with Crippen molar-refractivity contribution >= 4 is 27.5 Å². The van der Waals surface area contributed by atoms with Crippen molar-refractivity contribution in [3.63, 3.8) is 0 Å². The van der Waals surface area contributed by atoms with Gasteiger partial charge in [-0.3, -0.25) is 0 Å². The van der Waals surface area contributed by atoms with E-state index in [0.717, 1.165) is 27.8 Å². The lowest BCUT2D eigenvalue weighted by molar-refractivity contribution is 0.212. The predicted octanol–water partition coefficient (Wildman–Crippen LogP) is 5.45. The van der Waals surface area contributed by atoms with Crippen LogP contribution in [0, 0.1) is 11.8 Å². The zero-order valence-corrected chi connectivity index (χ0v) is 14.8. The molecule has 112 valence electrons. The van der Waals surface area contributed by atoms with Gasteiger partial charge < -0.3 is 5.32 Å². The van der Waals surface area contributed by atoms with Gasteiger partial charge in [0, 0.05) is 15.5 Å². The van der Waals surface area contributed by atoms with Crippen LogP contribution in [0.15, 0.2) is 22.7 Å². The number of halogens is 2. The SMILES string of the molecule is CCC1CCCC(C(Cc2ccc(Br)cc2Cl)NC)C1. The highest BCUT2D eigenvalue weighted by atomic mass is 79.9. The van der Waals surface area contributed by atoms with Crippen LogP contribution < -0.4 is 5.32 Å². The molecule has 20 heavy (non-hydrogen) atoms. The zero-order valence-electron chi connectivity index (χ0n) is 12.5. The van der Waals surface area contributed by atoms with Crippen molar-refractivity contribution in [3.05, 3.63) is 33.3 Å². The molecule has 3 atom stereocenters. The van der Waals surface area contributed by atoms with E-state index in [-0.39, 0.29) is 0 Å². The Hall–Kier alpha value is -0.0500. The Balaban J connectivity index is 2.04. The van der Waals surface area contributed by atoms with Gasteiger partial charge in [0.05, 0.1) is 0 Å². The molecule has 1 saturated carbocycles. The van der Waals surface area contributed by atoms with Crippen molar-refractivity contribution < 1.29 is 0 Å². The minimum absolute atomic E-state index is 0.544. The van der Waals surface area contributed by atoms with Crippen LogP contribution in [0.1, 0.15) is 44.6 Å². The molecule has 0 spiro atoms. The zero-order chi connectivity index (χ0) is 14.5. The smallest absolute Gasteiger partial charge is 0.0449 e. The molecule has 0 radical (unpaired) electrons. The molecule has 0 saturated heterocycles. The molecule has 1 aromatic carbocycles. The molecule has 3 heteroatoms. The third-order valence-electron chi connectivity index (χ3n) is 4.80. The van der Waals surface area contributed by atoms with Crippen LogP contribution in [0.2, 0.25) is 5.02 Å². The molecule has 1 aliphatic rings. The number of nitrogens with one attached hydrogen (secondary N) is 1. The summed E-state index contributed by atoms with van der Waals surface area (Å²) in [5.41, 5.74) is 1.26. The molecular weight excluding hydrogens is 334 g/mol. The largest absolute Gasteiger partial charge is 0.316 e. The predicted molar refractivity (Wildman–Crippen MR) is 91.4 cm³/mol. The summed E-state index contributed by atoms with van der Waals surface area (Å²) in [6.07, 6.45) is 7.89. The van der Waals surface area contributed by atoms with Crippen LogP contribution in [-0.2, 0) is 6.42 Å². The summed E-state index contributed by atoms with van der Waals surface area (Å²) in [4.78, 5) is 0. The Morgan fingerprint density at radius 1 is 1.40 bits per heavy atom. The summed E-state index contributed by atoms with van der Waals surface area (Å²) < 4.78 is 1.05. The van der Waals surface area contributed by atoms with E-state index in [1.807, 2.05) is 6.07 Å². The van der Waals surface area contributed by atoms with E-state index in [0.29, 0.717) is 6.04 Å². The Morgan fingerprint density at radius 2 is 2.20 bits per heavy atom. The van der Waals surface area contributed by atoms with E-state index in [1.165, 1.54) is 37.7 Å². The molecule has 0 bridgehead atoms. The number of hydrogen-bond acceptors (Lipinski definition) is 1. The molecule has 1 aromatic rings. The molecule has 1 N–H and O–H groups in total. The molecule has 0 amide bonds. The Labute approximate surface area is 136 Å². The van der Waals surface area contributed by atoms with Crippen LogP contribution in [0.5, 0.6) is 0 Å². The van der Waals surface area contributed by atoms with Crippen LogP contribution in [-0.4, -0.2) is 13.1 Å². The maximum Gasteiger partial charge on any atom is 0.0449 e. The number of hydrogen-bond donors (Lipinski definition) is 1. The fraction of sp³-hybridized carbons (Fsp3) is 0.647. The minimum atomic E-state index is 0.544. The molecule has 0 heterocycles. The first-order valence-corrected chi connectivity index (χ1v) is 8.92. The molecule has 3 unspecified atom stereocenters. The van der Waals surface area contributed by atoms with Crippen molar-refractivity contribution in [1.29, 1.82) is 0 Å². The van der Waals surface area contributed by atoms with Gasteiger partial charge in [-0.25, -0.2) is 0 Å². The van der Waals surface area contributed by atoms with Gasteiger partial charge >= 0.3 is 0 Å². The van der Waals surface area contributed by atoms with Gasteiger partial charge in [-0.2, -0.15) is 0 Å². The second kappa shape index (κ2) is 7.82. The minimum Gasteiger partial charge on any atom is -0.316 e. The molecule has 1 fully saturated rings. The van der Waals surface area contributed by atoms with Gasteiger partial charge in [0.2, 0.25) is 0 Å². The van der Waals surface area contributed by atoms with E-state index in [9.17, 15) is 0 Å². The highest BCUT2D eigenvalue weighted by molar-refractivity contribution is 9.10. The maximum absolute atomic E-state index is 6.37. The molecular formula is C17H25BrClN. The number of benzene rings is 1. The van der Waals surface area contributed by atoms with Gasteiger partial charge in [-0.05, 0) is 55.8 Å². The summed E-state index contributed by atoms with van der Waals surface area (Å²) in [7, 11) is 2.09. The first-order valence-electron chi connectivity index (χ1n) is 7.75. The molecule has 1 nitrogen and oxygen atoms in total. The van der Waals surface area contributed by atoms with Crippen LogP contribution in [0.3, 0.4) is 0 Å². The van der Waals surface area contributed by atoms with E-state index in [4.69, 9.17) is 11.6 Å². The number of rotatable bonds is 5. The quantitative estimate of drug-likeness (QED) is 0.738. The van der Waals surface area contributed by atoms with Crippen LogP contribution >= 0.6 is 27.5 Å². The Morgan fingerprint density at radius 3 is 2.85 bits per heavy atom. The average Bonchev–Trinajstić information content (AvgIpc) is 2.46. The summed E-state index contributed by atoms with van der Waals surface area (Å²) in [6, 6.07) is 6.78. The first kappa shape index (κ1) is 16.3. The Bertz CT molecular complexity index is 435. The molecule has 0 aliphatic heterocycles. The van der Waals surface area contributed by atoms with E-state index >= 15 is 0 Å². The summed E-state index contributed by atoms with van der Waals surface area (Å²) in [6.45, 7) is 2.33. The Kier molecular flexibility index (Phi) is 6.38. The van der Waals surface area contributed by atoms with Crippen LogP contribution in [0.25, 0.3) is 0 Å². The number of likely N-dealkylation sites (N-methyl/N-ethyl adjacent to an activating group) is 1. The van der Waals surface area contributed by atoms with Crippen molar-refractivity contribution in [1.82, 2.24) is 5.32 Å². The van der Waals surface area contributed by atoms with Gasteiger partial charge in [0.15, 0.2) is 0 Å². The van der Waals surface area contributed by atoms with Gasteiger partial charge in [-0.15, -0.1) is 0 Å². The van der Waals surface area contributed by atoms with Crippen molar-refractivity contribution in [2.75, 3.05) is 7.05 Å². The lowest BCUT2D eigenvalue weighted by Crippen LogP contribution is -2.38. The molecule has 2 rings (SSSR count). The highest BCUT2D eigenvalue weighted by Gasteiger charge is 2.27. The maximum atomic E-state index is 6.37. The van der Waals surface area contributed by atoms with Crippen molar-refractivity contribution in [3.8, 4) is 0 Å². The van der Waals surface area contributed by atoms with Crippen LogP contribution in [0.4, 0.5) is 0 Å². The normalized spacial score (nSPS) is 24.6. The van der Waals surface area contributed by atoms with Gasteiger partial charge in [-0.1, -0.05) is 59.8 Å². The first-order chi connectivity index (χ1) is 9.63. The fourth-order valence-corrected chi connectivity index (χ4v) is 4.25. The highest BCUT2D eigenvalue weighted by Crippen LogP contribution is 2.34. The van der Waals surface area contributed by atoms with Gasteiger partial charge in [0.1, 0.15) is 0 Å². The second-order valence-electron chi connectivity index (χ2n) is 6.04. The lowest BCUT2D eigenvalue weighted by Gasteiger charge is -2.34. The van der Waals surface area contributed by atoms with Crippen molar-refractivity contribution in [2.45, 2.75) is 51.5 Å². The summed E-state index contributed by atoms with van der Waals surface area (Å²) >= 11 is 9.84. The fourth-order valence-electron chi connectivity index (χ4n) is 3.50. The summed E-state index contributed by atoms with van der Waals surface area (Å²) in [5, 5.41) is 4.41. The van der Waals surface area contributed by atoms with Gasteiger partial charge in [0.25, 0.3) is 0 Å². The monoisotopic (exact) mass is 357 g/mol.